The fraction of sp³-hybridized carbons (Fsp3) is 0.235. The Morgan fingerprint density at radius 2 is 1.86 bits per heavy atom. The zero-order valence-electron chi connectivity index (χ0n) is 11.8. The summed E-state index contributed by atoms with van der Waals surface area (Å²) < 4.78 is 11.4. The molecule has 0 aromatic heterocycles. The van der Waals surface area contributed by atoms with Crippen molar-refractivity contribution in [3.8, 4) is 5.75 Å². The minimum absolute atomic E-state index is 0.447. The lowest BCUT2D eigenvalue weighted by molar-refractivity contribution is 0.115. The van der Waals surface area contributed by atoms with Crippen LogP contribution in [0.2, 0.25) is 0 Å². The second-order valence-electron chi connectivity index (χ2n) is 4.95. The first-order chi connectivity index (χ1) is 10.3. The van der Waals surface area contributed by atoms with Gasteiger partial charge in [0.15, 0.2) is 5.60 Å². The second-order valence-corrected chi connectivity index (χ2v) is 5.51. The number of halogens is 1. The third-order valence-corrected chi connectivity index (χ3v) is 4.53. The predicted octanol–water partition coefficient (Wildman–Crippen LogP) is 3.76. The summed E-state index contributed by atoms with van der Waals surface area (Å²) in [4.78, 5) is 4.58. The molecule has 2 aromatic carbocycles. The average Bonchev–Trinajstić information content (AvgIpc) is 3.02. The van der Waals surface area contributed by atoms with Crippen molar-refractivity contribution in [2.75, 3.05) is 19.0 Å². The van der Waals surface area contributed by atoms with E-state index in [1.165, 1.54) is 0 Å². The van der Waals surface area contributed by atoms with E-state index in [1.807, 2.05) is 54.6 Å². The fourth-order valence-corrected chi connectivity index (χ4v) is 2.99. The van der Waals surface area contributed by atoms with Crippen LogP contribution in [0.15, 0.2) is 59.6 Å². The summed E-state index contributed by atoms with van der Waals surface area (Å²) in [5.41, 5.74) is 1.65. The molecule has 0 spiro atoms. The molecule has 0 saturated carbocycles. The summed E-state index contributed by atoms with van der Waals surface area (Å²) in [6.45, 7) is 0.606. The fourth-order valence-electron chi connectivity index (χ4n) is 2.37. The molecule has 0 amide bonds. The number of ether oxygens (including phenoxy) is 2. The highest BCUT2D eigenvalue weighted by Gasteiger charge is 2.39. The molecule has 1 aliphatic rings. The minimum Gasteiger partial charge on any atom is -0.497 e. The maximum atomic E-state index is 6.21. The molecular weight excluding hydrogens is 330 g/mol. The van der Waals surface area contributed by atoms with E-state index in [2.05, 4.69) is 20.9 Å². The van der Waals surface area contributed by atoms with Crippen LogP contribution in [0.5, 0.6) is 5.75 Å². The van der Waals surface area contributed by atoms with Gasteiger partial charge in [0.2, 0.25) is 5.90 Å². The van der Waals surface area contributed by atoms with Gasteiger partial charge in [0.25, 0.3) is 0 Å². The first kappa shape index (κ1) is 14.1. The lowest BCUT2D eigenvalue weighted by Crippen LogP contribution is -2.32. The van der Waals surface area contributed by atoms with Crippen LogP contribution in [-0.2, 0) is 10.3 Å². The summed E-state index contributed by atoms with van der Waals surface area (Å²) in [7, 11) is 1.66. The zero-order valence-corrected chi connectivity index (χ0v) is 13.3. The number of hydrogen-bond acceptors (Lipinski definition) is 3. The highest BCUT2D eigenvalue weighted by atomic mass is 79.9. The third-order valence-electron chi connectivity index (χ3n) is 3.62. The molecule has 0 radical (unpaired) electrons. The van der Waals surface area contributed by atoms with Crippen molar-refractivity contribution < 1.29 is 9.47 Å². The lowest BCUT2D eigenvalue weighted by atomic mass is 9.96. The molecule has 2 aromatic rings. The second kappa shape index (κ2) is 5.90. The number of aliphatic imine (C=N–C) groups is 1. The van der Waals surface area contributed by atoms with E-state index in [1.54, 1.807) is 7.11 Å². The van der Waals surface area contributed by atoms with E-state index in [-0.39, 0.29) is 0 Å². The Morgan fingerprint density at radius 1 is 1.14 bits per heavy atom. The van der Waals surface area contributed by atoms with Gasteiger partial charge in [0.1, 0.15) is 5.75 Å². The number of alkyl halides is 1. The quantitative estimate of drug-likeness (QED) is 0.790. The molecule has 21 heavy (non-hydrogen) atoms. The van der Waals surface area contributed by atoms with Gasteiger partial charge in [0, 0.05) is 10.9 Å². The van der Waals surface area contributed by atoms with Crippen LogP contribution in [0.25, 0.3) is 0 Å². The molecule has 1 heterocycles. The van der Waals surface area contributed by atoms with Crippen LogP contribution in [-0.4, -0.2) is 24.9 Å². The van der Waals surface area contributed by atoms with Crippen molar-refractivity contribution in [2.24, 2.45) is 4.99 Å². The molecule has 0 bridgehead atoms. The van der Waals surface area contributed by atoms with Crippen LogP contribution >= 0.6 is 15.9 Å². The normalized spacial score (nSPS) is 20.8. The van der Waals surface area contributed by atoms with Crippen molar-refractivity contribution >= 4 is 21.8 Å². The van der Waals surface area contributed by atoms with Crippen LogP contribution in [0.3, 0.4) is 0 Å². The van der Waals surface area contributed by atoms with E-state index in [0.717, 1.165) is 16.9 Å². The van der Waals surface area contributed by atoms with E-state index >= 15 is 0 Å². The van der Waals surface area contributed by atoms with Gasteiger partial charge in [-0.25, -0.2) is 4.99 Å². The summed E-state index contributed by atoms with van der Waals surface area (Å²) >= 11 is 3.58. The first-order valence-electron chi connectivity index (χ1n) is 6.77. The highest BCUT2D eigenvalue weighted by Crippen LogP contribution is 2.35. The van der Waals surface area contributed by atoms with Gasteiger partial charge in [0.05, 0.1) is 13.7 Å². The highest BCUT2D eigenvalue weighted by molar-refractivity contribution is 9.09. The van der Waals surface area contributed by atoms with Gasteiger partial charge < -0.3 is 9.47 Å². The Balaban J connectivity index is 1.87. The van der Waals surface area contributed by atoms with E-state index in [9.17, 15) is 0 Å². The van der Waals surface area contributed by atoms with Crippen molar-refractivity contribution in [1.29, 1.82) is 0 Å². The SMILES string of the molecule is COc1ccc([C@]2(CBr)CN=C(c3ccccc3)O2)cc1. The van der Waals surface area contributed by atoms with Crippen molar-refractivity contribution in [3.63, 3.8) is 0 Å². The average molecular weight is 346 g/mol. The summed E-state index contributed by atoms with van der Waals surface area (Å²) in [6, 6.07) is 17.9. The van der Waals surface area contributed by atoms with Gasteiger partial charge in [-0.1, -0.05) is 46.3 Å². The van der Waals surface area contributed by atoms with Crippen molar-refractivity contribution in [3.05, 3.63) is 65.7 Å². The maximum absolute atomic E-state index is 6.21. The molecule has 108 valence electrons. The van der Waals surface area contributed by atoms with E-state index in [4.69, 9.17) is 9.47 Å². The van der Waals surface area contributed by atoms with Gasteiger partial charge in [-0.05, 0) is 29.8 Å². The Hall–Kier alpha value is -1.81. The predicted molar refractivity (Wildman–Crippen MR) is 87.4 cm³/mol. The molecule has 0 saturated heterocycles. The minimum atomic E-state index is -0.447. The van der Waals surface area contributed by atoms with Gasteiger partial charge in [-0.15, -0.1) is 0 Å². The molecule has 4 heteroatoms. The Kier molecular flexibility index (Phi) is 3.97. The van der Waals surface area contributed by atoms with Gasteiger partial charge in [-0.3, -0.25) is 0 Å². The zero-order chi connectivity index (χ0) is 14.7. The monoisotopic (exact) mass is 345 g/mol. The Labute approximate surface area is 132 Å². The molecule has 0 fully saturated rings. The van der Waals surface area contributed by atoms with Crippen LogP contribution in [0, 0.1) is 0 Å². The summed E-state index contributed by atoms with van der Waals surface area (Å²) in [5, 5.41) is 0.687. The number of rotatable bonds is 4. The van der Waals surface area contributed by atoms with Gasteiger partial charge in [-0.2, -0.15) is 0 Å². The number of benzene rings is 2. The third kappa shape index (κ3) is 2.68. The topological polar surface area (TPSA) is 30.8 Å². The maximum Gasteiger partial charge on any atom is 0.217 e. The Morgan fingerprint density at radius 3 is 2.48 bits per heavy atom. The number of nitrogens with zero attached hydrogens (tertiary/aromatic N) is 1. The molecule has 0 unspecified atom stereocenters. The van der Waals surface area contributed by atoms with E-state index < -0.39 is 5.60 Å². The van der Waals surface area contributed by atoms with Crippen LogP contribution in [0.4, 0.5) is 0 Å². The first-order valence-corrected chi connectivity index (χ1v) is 7.89. The molecule has 0 aliphatic carbocycles. The van der Waals surface area contributed by atoms with Crippen LogP contribution < -0.4 is 4.74 Å². The number of methoxy groups -OCH3 is 1. The molecule has 3 rings (SSSR count). The molecule has 1 aliphatic heterocycles. The van der Waals surface area contributed by atoms with Crippen molar-refractivity contribution in [1.82, 2.24) is 0 Å². The molecule has 3 nitrogen and oxygen atoms in total. The van der Waals surface area contributed by atoms with Crippen LogP contribution in [0.1, 0.15) is 11.1 Å². The lowest BCUT2D eigenvalue weighted by Gasteiger charge is -2.27. The van der Waals surface area contributed by atoms with E-state index in [0.29, 0.717) is 17.8 Å². The van der Waals surface area contributed by atoms with Crippen molar-refractivity contribution in [2.45, 2.75) is 5.60 Å². The molecule has 1 atom stereocenters. The number of hydrogen-bond donors (Lipinski definition) is 0. The smallest absolute Gasteiger partial charge is 0.217 e. The largest absolute Gasteiger partial charge is 0.497 e. The summed E-state index contributed by atoms with van der Waals surface area (Å²) in [6.07, 6.45) is 0. The molecular formula is C17H16BrNO2. The standard InChI is InChI=1S/C17H16BrNO2/c1-20-15-9-7-14(8-10-15)17(11-18)12-19-16(21-17)13-5-3-2-4-6-13/h2-10H,11-12H2,1H3/t17-/m0/s1. The summed E-state index contributed by atoms with van der Waals surface area (Å²) in [5.74, 6) is 1.54. The Bertz CT molecular complexity index is 640. The molecule has 0 N–H and O–H groups in total. The van der Waals surface area contributed by atoms with Gasteiger partial charge >= 0.3 is 0 Å².